The number of halogens is 1. The van der Waals surface area contributed by atoms with Crippen LogP contribution in [0.15, 0.2) is 67.0 Å². The van der Waals surface area contributed by atoms with Crippen LogP contribution in [0.2, 0.25) is 5.02 Å². The van der Waals surface area contributed by atoms with E-state index in [4.69, 9.17) is 11.6 Å². The molecule has 0 radical (unpaired) electrons. The second-order valence-electron chi connectivity index (χ2n) is 6.12. The average Bonchev–Trinajstić information content (AvgIpc) is 2.68. The van der Waals surface area contributed by atoms with Crippen LogP contribution in [0, 0.1) is 0 Å². The Bertz CT molecular complexity index is 990. The first-order chi connectivity index (χ1) is 13.5. The van der Waals surface area contributed by atoms with E-state index in [0.29, 0.717) is 28.5 Å². The topological polar surface area (TPSA) is 83.1 Å². The molecule has 6 nitrogen and oxygen atoms in total. The first kappa shape index (κ1) is 19.4. The Morgan fingerprint density at radius 2 is 1.68 bits per heavy atom. The van der Waals surface area contributed by atoms with Crippen LogP contribution in [-0.2, 0) is 11.3 Å². The quantitative estimate of drug-likeness (QED) is 0.579. The number of amides is 2. The molecule has 3 aromatic rings. The third-order valence-corrected chi connectivity index (χ3v) is 4.26. The zero-order valence-corrected chi connectivity index (χ0v) is 16.0. The van der Waals surface area contributed by atoms with E-state index in [1.807, 2.05) is 30.3 Å². The lowest BCUT2D eigenvalue weighted by Gasteiger charge is -2.10. The summed E-state index contributed by atoms with van der Waals surface area (Å²) in [6.07, 6.45) is 3.14. The van der Waals surface area contributed by atoms with E-state index in [-0.39, 0.29) is 11.8 Å². The van der Waals surface area contributed by atoms with Gasteiger partial charge in [0.05, 0.1) is 17.4 Å². The van der Waals surface area contributed by atoms with Crippen molar-refractivity contribution in [3.8, 4) is 0 Å². The standard InChI is InChI=1S/C21H19ClN4O2/c1-14(27)25-17-6-8-18(9-7-17)26-19-10-16(11-23-13-19)21(28)24-12-15-4-2-3-5-20(15)22/h2-11,13,26H,12H2,1H3,(H,24,28)(H,25,27). The van der Waals surface area contributed by atoms with Crippen molar-refractivity contribution in [3.63, 3.8) is 0 Å². The van der Waals surface area contributed by atoms with Gasteiger partial charge in [-0.1, -0.05) is 29.8 Å². The predicted molar refractivity (Wildman–Crippen MR) is 111 cm³/mol. The Labute approximate surface area is 168 Å². The van der Waals surface area contributed by atoms with Gasteiger partial charge in [0.25, 0.3) is 5.91 Å². The third kappa shape index (κ3) is 5.31. The highest BCUT2D eigenvalue weighted by molar-refractivity contribution is 6.31. The van der Waals surface area contributed by atoms with Gasteiger partial charge in [-0.05, 0) is 42.0 Å². The molecule has 142 valence electrons. The van der Waals surface area contributed by atoms with Crippen LogP contribution in [0.4, 0.5) is 17.1 Å². The molecule has 0 atom stereocenters. The predicted octanol–water partition coefficient (Wildman–Crippen LogP) is 4.37. The van der Waals surface area contributed by atoms with Crippen LogP contribution in [0.25, 0.3) is 0 Å². The number of pyridine rings is 1. The fourth-order valence-corrected chi connectivity index (χ4v) is 2.76. The van der Waals surface area contributed by atoms with Crippen molar-refractivity contribution in [1.82, 2.24) is 10.3 Å². The number of carbonyl (C=O) groups is 2. The molecule has 1 heterocycles. The molecule has 0 aliphatic carbocycles. The summed E-state index contributed by atoms with van der Waals surface area (Å²) in [5.41, 5.74) is 3.48. The summed E-state index contributed by atoms with van der Waals surface area (Å²) in [5.74, 6) is -0.363. The Morgan fingerprint density at radius 3 is 2.39 bits per heavy atom. The molecule has 0 unspecified atom stereocenters. The number of hydrogen-bond acceptors (Lipinski definition) is 4. The largest absolute Gasteiger partial charge is 0.354 e. The van der Waals surface area contributed by atoms with E-state index in [2.05, 4.69) is 20.9 Å². The summed E-state index contributed by atoms with van der Waals surface area (Å²) in [6.45, 7) is 1.79. The molecule has 0 bridgehead atoms. The number of hydrogen-bond donors (Lipinski definition) is 3. The molecule has 2 aromatic carbocycles. The van der Waals surface area contributed by atoms with Crippen molar-refractivity contribution >= 4 is 40.5 Å². The second-order valence-corrected chi connectivity index (χ2v) is 6.53. The minimum absolute atomic E-state index is 0.125. The maximum absolute atomic E-state index is 12.4. The molecule has 3 N–H and O–H groups in total. The zero-order valence-electron chi connectivity index (χ0n) is 15.2. The molecule has 0 aliphatic heterocycles. The van der Waals surface area contributed by atoms with E-state index in [9.17, 15) is 9.59 Å². The van der Waals surface area contributed by atoms with E-state index in [1.54, 1.807) is 30.5 Å². The molecule has 28 heavy (non-hydrogen) atoms. The Hall–Kier alpha value is -3.38. The lowest BCUT2D eigenvalue weighted by molar-refractivity contribution is -0.114. The number of rotatable bonds is 6. The molecule has 0 aliphatic rings. The fraction of sp³-hybridized carbons (Fsp3) is 0.0952. The number of nitrogens with one attached hydrogen (secondary N) is 3. The average molecular weight is 395 g/mol. The zero-order chi connectivity index (χ0) is 19.9. The lowest BCUT2D eigenvalue weighted by atomic mass is 10.2. The summed E-state index contributed by atoms with van der Waals surface area (Å²) >= 11 is 6.11. The highest BCUT2D eigenvalue weighted by Gasteiger charge is 2.08. The van der Waals surface area contributed by atoms with Gasteiger partial charge in [0.15, 0.2) is 0 Å². The van der Waals surface area contributed by atoms with Gasteiger partial charge in [-0.3, -0.25) is 14.6 Å². The number of anilines is 3. The summed E-state index contributed by atoms with van der Waals surface area (Å²) in [7, 11) is 0. The van der Waals surface area contributed by atoms with E-state index in [1.165, 1.54) is 13.1 Å². The molecule has 0 spiro atoms. The van der Waals surface area contributed by atoms with Gasteiger partial charge in [-0.25, -0.2) is 0 Å². The van der Waals surface area contributed by atoms with Crippen LogP contribution in [0.1, 0.15) is 22.8 Å². The smallest absolute Gasteiger partial charge is 0.253 e. The fourth-order valence-electron chi connectivity index (χ4n) is 2.56. The second kappa shape index (κ2) is 9.01. The third-order valence-electron chi connectivity index (χ3n) is 3.89. The van der Waals surface area contributed by atoms with Gasteiger partial charge < -0.3 is 16.0 Å². The van der Waals surface area contributed by atoms with Gasteiger partial charge in [0.1, 0.15) is 0 Å². The van der Waals surface area contributed by atoms with Gasteiger partial charge in [0, 0.05) is 36.1 Å². The minimum Gasteiger partial charge on any atom is -0.354 e. The molecule has 7 heteroatoms. The van der Waals surface area contributed by atoms with Crippen LogP contribution in [0.5, 0.6) is 0 Å². The van der Waals surface area contributed by atoms with Gasteiger partial charge in [0.2, 0.25) is 5.91 Å². The summed E-state index contributed by atoms with van der Waals surface area (Å²) < 4.78 is 0. The molecule has 2 amide bonds. The van der Waals surface area contributed by atoms with Crippen LogP contribution >= 0.6 is 11.6 Å². The first-order valence-electron chi connectivity index (χ1n) is 8.62. The van der Waals surface area contributed by atoms with Crippen LogP contribution in [-0.4, -0.2) is 16.8 Å². The summed E-state index contributed by atoms with van der Waals surface area (Å²) in [4.78, 5) is 27.6. The van der Waals surface area contributed by atoms with Gasteiger partial charge >= 0.3 is 0 Å². The van der Waals surface area contributed by atoms with Crippen molar-refractivity contribution in [1.29, 1.82) is 0 Å². The van der Waals surface area contributed by atoms with Crippen molar-refractivity contribution in [2.45, 2.75) is 13.5 Å². The number of benzene rings is 2. The van der Waals surface area contributed by atoms with E-state index < -0.39 is 0 Å². The molecule has 0 saturated heterocycles. The number of nitrogens with zero attached hydrogens (tertiary/aromatic N) is 1. The Balaban J connectivity index is 1.64. The number of aromatic nitrogens is 1. The summed E-state index contributed by atoms with van der Waals surface area (Å²) in [5, 5.41) is 9.35. The van der Waals surface area contributed by atoms with E-state index >= 15 is 0 Å². The molecular formula is C21H19ClN4O2. The van der Waals surface area contributed by atoms with Gasteiger partial charge in [-0.15, -0.1) is 0 Å². The highest BCUT2D eigenvalue weighted by Crippen LogP contribution is 2.19. The SMILES string of the molecule is CC(=O)Nc1ccc(Nc2cncc(C(=O)NCc3ccccc3Cl)c2)cc1. The van der Waals surface area contributed by atoms with Crippen molar-refractivity contribution in [2.75, 3.05) is 10.6 Å². The lowest BCUT2D eigenvalue weighted by Crippen LogP contribution is -2.23. The highest BCUT2D eigenvalue weighted by atomic mass is 35.5. The van der Waals surface area contributed by atoms with Crippen LogP contribution in [0.3, 0.4) is 0 Å². The molecule has 1 aromatic heterocycles. The summed E-state index contributed by atoms with van der Waals surface area (Å²) in [6, 6.07) is 16.3. The minimum atomic E-state index is -0.239. The molecule has 0 saturated carbocycles. The number of carbonyl (C=O) groups excluding carboxylic acids is 2. The Kier molecular flexibility index (Phi) is 6.24. The normalized spacial score (nSPS) is 10.2. The van der Waals surface area contributed by atoms with Crippen molar-refractivity contribution < 1.29 is 9.59 Å². The molecule has 3 rings (SSSR count). The maximum Gasteiger partial charge on any atom is 0.253 e. The monoisotopic (exact) mass is 394 g/mol. The van der Waals surface area contributed by atoms with Crippen LogP contribution < -0.4 is 16.0 Å². The molecule has 0 fully saturated rings. The van der Waals surface area contributed by atoms with Crippen molar-refractivity contribution in [2.24, 2.45) is 0 Å². The van der Waals surface area contributed by atoms with Crippen molar-refractivity contribution in [3.05, 3.63) is 83.1 Å². The first-order valence-corrected chi connectivity index (χ1v) is 9.00. The van der Waals surface area contributed by atoms with Gasteiger partial charge in [-0.2, -0.15) is 0 Å². The maximum atomic E-state index is 12.4. The Morgan fingerprint density at radius 1 is 0.964 bits per heavy atom. The molecular weight excluding hydrogens is 376 g/mol. The van der Waals surface area contributed by atoms with E-state index in [0.717, 1.165) is 11.3 Å².